The first-order chi connectivity index (χ1) is 8.99. The molecule has 0 amide bonds. The molecule has 19 heavy (non-hydrogen) atoms. The van der Waals surface area contributed by atoms with E-state index in [-0.39, 0.29) is 11.9 Å². The summed E-state index contributed by atoms with van der Waals surface area (Å²) in [4.78, 5) is 0. The highest BCUT2D eigenvalue weighted by Crippen LogP contribution is 2.21. The summed E-state index contributed by atoms with van der Waals surface area (Å²) >= 11 is 3.29. The second-order valence-corrected chi connectivity index (χ2v) is 5.54. The van der Waals surface area contributed by atoms with Gasteiger partial charge in [-0.25, -0.2) is 4.39 Å². The van der Waals surface area contributed by atoms with Gasteiger partial charge in [0.1, 0.15) is 5.82 Å². The van der Waals surface area contributed by atoms with E-state index in [1.807, 2.05) is 19.2 Å². The molecule has 0 radical (unpaired) electrons. The molecule has 2 aromatic rings. The van der Waals surface area contributed by atoms with Gasteiger partial charge in [0.05, 0.1) is 17.4 Å². The Morgan fingerprint density at radius 2 is 2.11 bits per heavy atom. The van der Waals surface area contributed by atoms with Crippen molar-refractivity contribution in [2.45, 2.75) is 25.8 Å². The van der Waals surface area contributed by atoms with Gasteiger partial charge in [0.25, 0.3) is 0 Å². The summed E-state index contributed by atoms with van der Waals surface area (Å²) in [6.45, 7) is 2.06. The van der Waals surface area contributed by atoms with Crippen molar-refractivity contribution in [3.8, 4) is 0 Å². The first-order valence-corrected chi connectivity index (χ1v) is 7.02. The average molecular weight is 326 g/mol. The number of rotatable bonds is 4. The molecule has 0 aliphatic heterocycles. The largest absolute Gasteiger partial charge is 0.322 e. The molecule has 0 aliphatic carbocycles. The Morgan fingerprint density at radius 1 is 1.37 bits per heavy atom. The van der Waals surface area contributed by atoms with Gasteiger partial charge >= 0.3 is 0 Å². The second kappa shape index (κ2) is 5.84. The maximum atomic E-state index is 13.3. The van der Waals surface area contributed by atoms with Crippen LogP contribution in [0.2, 0.25) is 0 Å². The Kier molecular flexibility index (Phi) is 4.37. The number of nitrogens with zero attached hydrogens (tertiary/aromatic N) is 2. The standard InChI is InChI=1S/C14H17BrFN3/c1-3-12-8-14(19(2)18-12)13(17)6-9-4-10(15)7-11(16)5-9/h4-5,7-8,13H,3,6,17H2,1-2H3. The molecular formula is C14H17BrFN3. The summed E-state index contributed by atoms with van der Waals surface area (Å²) in [7, 11) is 1.88. The van der Waals surface area contributed by atoms with Gasteiger partial charge in [0.2, 0.25) is 0 Å². The maximum absolute atomic E-state index is 13.3. The molecule has 1 atom stereocenters. The molecule has 2 N–H and O–H groups in total. The third-order valence-electron chi connectivity index (χ3n) is 3.09. The SMILES string of the molecule is CCc1cc(C(N)Cc2cc(F)cc(Br)c2)n(C)n1. The molecule has 0 spiro atoms. The molecule has 102 valence electrons. The molecule has 2 rings (SSSR count). The van der Waals surface area contributed by atoms with Crippen molar-refractivity contribution in [2.75, 3.05) is 0 Å². The summed E-state index contributed by atoms with van der Waals surface area (Å²) in [5.41, 5.74) is 9.06. The van der Waals surface area contributed by atoms with Crippen LogP contribution in [-0.2, 0) is 19.9 Å². The molecule has 1 unspecified atom stereocenters. The number of halogens is 2. The molecule has 1 aromatic carbocycles. The van der Waals surface area contributed by atoms with Gasteiger partial charge in [0, 0.05) is 11.5 Å². The van der Waals surface area contributed by atoms with Gasteiger partial charge in [-0.2, -0.15) is 5.10 Å². The van der Waals surface area contributed by atoms with Gasteiger partial charge < -0.3 is 5.73 Å². The predicted molar refractivity (Wildman–Crippen MR) is 77.3 cm³/mol. The zero-order valence-corrected chi connectivity index (χ0v) is 12.6. The fourth-order valence-corrected chi connectivity index (χ4v) is 2.66. The molecule has 1 aromatic heterocycles. The molecule has 1 heterocycles. The van der Waals surface area contributed by atoms with E-state index in [1.54, 1.807) is 4.68 Å². The van der Waals surface area contributed by atoms with E-state index in [4.69, 9.17) is 5.73 Å². The molecular weight excluding hydrogens is 309 g/mol. The maximum Gasteiger partial charge on any atom is 0.124 e. The quantitative estimate of drug-likeness (QED) is 0.938. The van der Waals surface area contributed by atoms with E-state index in [0.717, 1.165) is 27.8 Å². The lowest BCUT2D eigenvalue weighted by molar-refractivity contribution is 0.603. The van der Waals surface area contributed by atoms with E-state index >= 15 is 0 Å². The number of hydrogen-bond acceptors (Lipinski definition) is 2. The molecule has 0 saturated carbocycles. The van der Waals surface area contributed by atoms with Crippen molar-refractivity contribution in [3.05, 3.63) is 51.5 Å². The van der Waals surface area contributed by atoms with Crippen molar-refractivity contribution >= 4 is 15.9 Å². The fraction of sp³-hybridized carbons (Fsp3) is 0.357. The highest BCUT2D eigenvalue weighted by molar-refractivity contribution is 9.10. The summed E-state index contributed by atoms with van der Waals surface area (Å²) in [6.07, 6.45) is 1.46. The van der Waals surface area contributed by atoms with E-state index in [1.165, 1.54) is 12.1 Å². The number of hydrogen-bond donors (Lipinski definition) is 1. The zero-order chi connectivity index (χ0) is 14.0. The molecule has 3 nitrogen and oxygen atoms in total. The van der Waals surface area contributed by atoms with Gasteiger partial charge in [-0.05, 0) is 42.7 Å². The smallest absolute Gasteiger partial charge is 0.124 e. The summed E-state index contributed by atoms with van der Waals surface area (Å²) in [5, 5.41) is 4.38. The summed E-state index contributed by atoms with van der Waals surface area (Å²) < 4.78 is 15.9. The Balaban J connectivity index is 2.20. The lowest BCUT2D eigenvalue weighted by atomic mass is 10.0. The van der Waals surface area contributed by atoms with Crippen LogP contribution in [0.1, 0.15) is 29.9 Å². The zero-order valence-electron chi connectivity index (χ0n) is 11.0. The topological polar surface area (TPSA) is 43.8 Å². The van der Waals surface area contributed by atoms with E-state index in [0.29, 0.717) is 6.42 Å². The molecule has 0 bridgehead atoms. The van der Waals surface area contributed by atoms with Gasteiger partial charge in [0.15, 0.2) is 0 Å². The molecule has 5 heteroatoms. The van der Waals surface area contributed by atoms with Gasteiger partial charge in [-0.3, -0.25) is 4.68 Å². The Morgan fingerprint density at radius 3 is 2.68 bits per heavy atom. The average Bonchev–Trinajstić information content (AvgIpc) is 2.69. The lowest BCUT2D eigenvalue weighted by Gasteiger charge is -2.12. The van der Waals surface area contributed by atoms with Crippen molar-refractivity contribution in [2.24, 2.45) is 12.8 Å². The second-order valence-electron chi connectivity index (χ2n) is 4.63. The van der Waals surface area contributed by atoms with Crippen molar-refractivity contribution < 1.29 is 4.39 Å². The van der Waals surface area contributed by atoms with Crippen molar-refractivity contribution in [1.82, 2.24) is 9.78 Å². The third-order valence-corrected chi connectivity index (χ3v) is 3.54. The van der Waals surface area contributed by atoms with Crippen LogP contribution in [0, 0.1) is 5.82 Å². The van der Waals surface area contributed by atoms with Crippen LogP contribution in [0.3, 0.4) is 0 Å². The normalized spacial score (nSPS) is 12.7. The van der Waals surface area contributed by atoms with Crippen LogP contribution in [-0.4, -0.2) is 9.78 Å². The van der Waals surface area contributed by atoms with Crippen molar-refractivity contribution in [1.29, 1.82) is 0 Å². The van der Waals surface area contributed by atoms with E-state index in [2.05, 4.69) is 28.0 Å². The van der Waals surface area contributed by atoms with E-state index in [9.17, 15) is 4.39 Å². The van der Waals surface area contributed by atoms with Crippen LogP contribution < -0.4 is 5.73 Å². The molecule has 0 aliphatic rings. The Bertz CT molecular complexity index is 560. The van der Waals surface area contributed by atoms with Crippen molar-refractivity contribution in [3.63, 3.8) is 0 Å². The predicted octanol–water partition coefficient (Wildman–Crippen LogP) is 3.13. The summed E-state index contributed by atoms with van der Waals surface area (Å²) in [5.74, 6) is -0.254. The fourth-order valence-electron chi connectivity index (χ4n) is 2.15. The number of aryl methyl sites for hydroxylation is 2. The summed E-state index contributed by atoms with van der Waals surface area (Å²) in [6, 6.07) is 6.67. The van der Waals surface area contributed by atoms with Crippen LogP contribution in [0.15, 0.2) is 28.7 Å². The highest BCUT2D eigenvalue weighted by Gasteiger charge is 2.13. The van der Waals surface area contributed by atoms with Crippen LogP contribution in [0.25, 0.3) is 0 Å². The number of nitrogens with two attached hydrogens (primary N) is 1. The first-order valence-electron chi connectivity index (χ1n) is 6.23. The lowest BCUT2D eigenvalue weighted by Crippen LogP contribution is -2.17. The minimum Gasteiger partial charge on any atom is -0.322 e. The van der Waals surface area contributed by atoms with Gasteiger partial charge in [-0.15, -0.1) is 0 Å². The van der Waals surface area contributed by atoms with Crippen LogP contribution >= 0.6 is 15.9 Å². The van der Waals surface area contributed by atoms with Crippen LogP contribution in [0.4, 0.5) is 4.39 Å². The first kappa shape index (κ1) is 14.2. The van der Waals surface area contributed by atoms with Gasteiger partial charge in [-0.1, -0.05) is 22.9 Å². The minimum atomic E-state index is -0.254. The number of benzene rings is 1. The van der Waals surface area contributed by atoms with E-state index < -0.39 is 0 Å². The monoisotopic (exact) mass is 325 g/mol. The molecule has 0 fully saturated rings. The highest BCUT2D eigenvalue weighted by atomic mass is 79.9. The number of aromatic nitrogens is 2. The van der Waals surface area contributed by atoms with Crippen LogP contribution in [0.5, 0.6) is 0 Å². The minimum absolute atomic E-state index is 0.188. The molecule has 0 saturated heterocycles. The Hall–Kier alpha value is -1.20. The Labute approximate surface area is 120 Å². The third kappa shape index (κ3) is 3.42.